The average Bonchev–Trinajstić information content (AvgIpc) is 2.68. The number of benzene rings is 2. The first-order valence-corrected chi connectivity index (χ1v) is 9.17. The number of anilines is 2. The van der Waals surface area contributed by atoms with Crippen LogP contribution >= 0.6 is 0 Å². The molecule has 0 radical (unpaired) electrons. The van der Waals surface area contributed by atoms with E-state index >= 15 is 0 Å². The molecule has 0 spiro atoms. The Bertz CT molecular complexity index is 906. The van der Waals surface area contributed by atoms with Crippen LogP contribution < -0.4 is 10.2 Å². The predicted octanol–water partition coefficient (Wildman–Crippen LogP) is 5.06. The predicted molar refractivity (Wildman–Crippen MR) is 111 cm³/mol. The number of para-hydroxylation sites is 1. The Morgan fingerprint density at radius 2 is 1.74 bits per heavy atom. The maximum atomic E-state index is 12.7. The minimum Gasteiger partial charge on any atom is -0.364 e. The summed E-state index contributed by atoms with van der Waals surface area (Å²) in [4.78, 5) is 19.3. The number of aromatic nitrogens is 1. The minimum absolute atomic E-state index is 0.151. The topological polar surface area (TPSA) is 45.2 Å². The highest BCUT2D eigenvalue weighted by Gasteiger charge is 2.15. The van der Waals surface area contributed by atoms with E-state index in [0.29, 0.717) is 5.56 Å². The molecular formula is C23H25N3O. The van der Waals surface area contributed by atoms with Gasteiger partial charge in [0.1, 0.15) is 0 Å². The molecule has 0 saturated carbocycles. The molecule has 3 rings (SSSR count). The molecule has 1 N–H and O–H groups in total. The molecule has 0 aliphatic heterocycles. The van der Waals surface area contributed by atoms with E-state index < -0.39 is 0 Å². The van der Waals surface area contributed by atoms with Crippen molar-refractivity contribution in [3.05, 3.63) is 89.7 Å². The number of hydrogen-bond acceptors (Lipinski definition) is 3. The number of carbonyl (C=O) groups is 1. The second kappa shape index (κ2) is 8.49. The summed E-state index contributed by atoms with van der Waals surface area (Å²) in [5, 5.41) is 2.97. The van der Waals surface area contributed by atoms with Gasteiger partial charge in [-0.25, -0.2) is 0 Å². The van der Waals surface area contributed by atoms with Crippen molar-refractivity contribution in [2.75, 3.05) is 10.2 Å². The molecule has 0 aliphatic rings. The van der Waals surface area contributed by atoms with Crippen molar-refractivity contribution >= 4 is 17.3 Å². The molecule has 2 aromatic carbocycles. The average molecular weight is 359 g/mol. The van der Waals surface area contributed by atoms with E-state index in [1.165, 1.54) is 5.56 Å². The van der Waals surface area contributed by atoms with Gasteiger partial charge in [-0.2, -0.15) is 0 Å². The summed E-state index contributed by atoms with van der Waals surface area (Å²) in [5.74, 6) is -0.151. The molecule has 3 aromatic rings. The zero-order valence-electron chi connectivity index (χ0n) is 16.0. The Kier molecular flexibility index (Phi) is 5.87. The molecule has 0 aliphatic carbocycles. The van der Waals surface area contributed by atoms with Crippen LogP contribution in [0.15, 0.2) is 73.1 Å². The van der Waals surface area contributed by atoms with Crippen molar-refractivity contribution in [3.63, 3.8) is 0 Å². The van der Waals surface area contributed by atoms with Gasteiger partial charge < -0.3 is 10.2 Å². The van der Waals surface area contributed by atoms with Gasteiger partial charge in [-0.05, 0) is 44.0 Å². The molecule has 0 bridgehead atoms. The summed E-state index contributed by atoms with van der Waals surface area (Å²) in [5.41, 5.74) is 4.56. The van der Waals surface area contributed by atoms with Crippen LogP contribution in [0.1, 0.15) is 35.3 Å². The number of amides is 1. The maximum Gasteiger partial charge on any atom is 0.257 e. The van der Waals surface area contributed by atoms with Crippen LogP contribution in [0.5, 0.6) is 0 Å². The third-order valence-electron chi connectivity index (χ3n) is 4.53. The molecule has 0 unspecified atom stereocenters. The van der Waals surface area contributed by atoms with Gasteiger partial charge in [0.25, 0.3) is 5.91 Å². The summed E-state index contributed by atoms with van der Waals surface area (Å²) in [6.45, 7) is 7.03. The lowest BCUT2D eigenvalue weighted by Crippen LogP contribution is -2.30. The Hall–Kier alpha value is -3.14. The van der Waals surface area contributed by atoms with Crippen LogP contribution in [0, 0.1) is 6.92 Å². The number of nitrogens with one attached hydrogen (secondary N) is 1. The zero-order chi connectivity index (χ0) is 19.2. The fourth-order valence-corrected chi connectivity index (χ4v) is 2.97. The number of pyridine rings is 1. The molecule has 4 nitrogen and oxygen atoms in total. The lowest BCUT2D eigenvalue weighted by atomic mass is 10.1. The van der Waals surface area contributed by atoms with Gasteiger partial charge in [0.2, 0.25) is 0 Å². The van der Waals surface area contributed by atoms with Crippen molar-refractivity contribution in [1.82, 2.24) is 4.98 Å². The molecule has 4 heteroatoms. The molecule has 0 saturated heterocycles. The van der Waals surface area contributed by atoms with Gasteiger partial charge in [-0.15, -0.1) is 0 Å². The standard InChI is InChI=1S/C23H25N3O/c1-17(2)26(16-19-10-5-4-6-11-19)21-13-20(14-24-15-21)23(27)25-22-12-8-7-9-18(22)3/h4-15,17H,16H2,1-3H3,(H,25,27). The summed E-state index contributed by atoms with van der Waals surface area (Å²) in [7, 11) is 0. The quantitative estimate of drug-likeness (QED) is 0.669. The zero-order valence-corrected chi connectivity index (χ0v) is 16.0. The van der Waals surface area contributed by atoms with Crippen LogP contribution in [0.2, 0.25) is 0 Å². The molecule has 27 heavy (non-hydrogen) atoms. The van der Waals surface area contributed by atoms with Crippen LogP contribution in [-0.4, -0.2) is 16.9 Å². The number of nitrogens with zero attached hydrogens (tertiary/aromatic N) is 2. The monoisotopic (exact) mass is 359 g/mol. The fourth-order valence-electron chi connectivity index (χ4n) is 2.97. The number of aryl methyl sites for hydroxylation is 1. The maximum absolute atomic E-state index is 12.7. The Balaban J connectivity index is 1.82. The Morgan fingerprint density at radius 1 is 1.04 bits per heavy atom. The van der Waals surface area contributed by atoms with E-state index in [9.17, 15) is 4.79 Å². The summed E-state index contributed by atoms with van der Waals surface area (Å²) in [6, 6.07) is 20.2. The van der Waals surface area contributed by atoms with Crippen molar-refractivity contribution in [1.29, 1.82) is 0 Å². The summed E-state index contributed by atoms with van der Waals surface area (Å²) in [6.07, 6.45) is 3.42. The highest BCUT2D eigenvalue weighted by Crippen LogP contribution is 2.21. The van der Waals surface area contributed by atoms with Gasteiger partial charge in [0, 0.05) is 24.5 Å². The van der Waals surface area contributed by atoms with E-state index in [1.807, 2.05) is 61.7 Å². The van der Waals surface area contributed by atoms with Gasteiger partial charge in [-0.3, -0.25) is 9.78 Å². The molecule has 1 aromatic heterocycles. The first kappa shape index (κ1) is 18.6. The van der Waals surface area contributed by atoms with Crippen molar-refractivity contribution in [2.45, 2.75) is 33.4 Å². The Labute approximate surface area is 160 Å². The third kappa shape index (κ3) is 4.73. The number of rotatable bonds is 6. The summed E-state index contributed by atoms with van der Waals surface area (Å²) >= 11 is 0. The van der Waals surface area contributed by atoms with E-state index in [0.717, 1.165) is 23.5 Å². The van der Waals surface area contributed by atoms with Crippen LogP contribution in [0.3, 0.4) is 0 Å². The molecule has 138 valence electrons. The third-order valence-corrected chi connectivity index (χ3v) is 4.53. The molecule has 0 atom stereocenters. The SMILES string of the molecule is Cc1ccccc1NC(=O)c1cncc(N(Cc2ccccc2)C(C)C)c1. The molecule has 1 heterocycles. The van der Waals surface area contributed by atoms with Crippen LogP contribution in [0.4, 0.5) is 11.4 Å². The number of hydrogen-bond donors (Lipinski definition) is 1. The van der Waals surface area contributed by atoms with Crippen LogP contribution in [0.25, 0.3) is 0 Å². The lowest BCUT2D eigenvalue weighted by Gasteiger charge is -2.29. The van der Waals surface area contributed by atoms with Gasteiger partial charge in [0.15, 0.2) is 0 Å². The molecular weight excluding hydrogens is 334 g/mol. The van der Waals surface area contributed by atoms with Gasteiger partial charge in [-0.1, -0.05) is 48.5 Å². The summed E-state index contributed by atoms with van der Waals surface area (Å²) < 4.78 is 0. The lowest BCUT2D eigenvalue weighted by molar-refractivity contribution is 0.102. The van der Waals surface area contributed by atoms with E-state index in [-0.39, 0.29) is 11.9 Å². The molecule has 0 fully saturated rings. The van der Waals surface area contributed by atoms with Crippen molar-refractivity contribution in [3.8, 4) is 0 Å². The highest BCUT2D eigenvalue weighted by atomic mass is 16.1. The van der Waals surface area contributed by atoms with Gasteiger partial charge in [0.05, 0.1) is 17.4 Å². The first-order valence-electron chi connectivity index (χ1n) is 9.17. The van der Waals surface area contributed by atoms with Crippen molar-refractivity contribution in [2.24, 2.45) is 0 Å². The van der Waals surface area contributed by atoms with E-state index in [2.05, 4.69) is 41.2 Å². The number of carbonyl (C=O) groups excluding carboxylic acids is 1. The minimum atomic E-state index is -0.151. The largest absolute Gasteiger partial charge is 0.364 e. The smallest absolute Gasteiger partial charge is 0.257 e. The van der Waals surface area contributed by atoms with Crippen LogP contribution in [-0.2, 0) is 6.54 Å². The second-order valence-electron chi connectivity index (χ2n) is 6.91. The van der Waals surface area contributed by atoms with E-state index in [1.54, 1.807) is 6.20 Å². The fraction of sp³-hybridized carbons (Fsp3) is 0.217. The van der Waals surface area contributed by atoms with Crippen molar-refractivity contribution < 1.29 is 4.79 Å². The highest BCUT2D eigenvalue weighted by molar-refractivity contribution is 6.04. The van der Waals surface area contributed by atoms with Gasteiger partial charge >= 0.3 is 0 Å². The second-order valence-corrected chi connectivity index (χ2v) is 6.91. The van der Waals surface area contributed by atoms with E-state index in [4.69, 9.17) is 0 Å². The first-order chi connectivity index (χ1) is 13.0. The normalized spacial score (nSPS) is 10.7. The molecule has 1 amide bonds. The Morgan fingerprint density at radius 3 is 2.44 bits per heavy atom.